The molecule has 2 saturated carbocycles. The quantitative estimate of drug-likeness (QED) is 0.676. The van der Waals surface area contributed by atoms with E-state index in [4.69, 9.17) is 0 Å². The Morgan fingerprint density at radius 3 is 2.50 bits per heavy atom. The predicted octanol–water partition coefficient (Wildman–Crippen LogP) is 3.95. The van der Waals surface area contributed by atoms with E-state index in [-0.39, 0.29) is 0 Å². The van der Waals surface area contributed by atoms with Crippen molar-refractivity contribution in [1.29, 1.82) is 0 Å². The molecule has 0 radical (unpaired) electrons. The monoisotopic (exact) mass is 278 g/mol. The largest absolute Gasteiger partial charge is 0.314 e. The molecule has 116 valence electrons. The molecule has 1 aliphatic heterocycles. The van der Waals surface area contributed by atoms with E-state index in [1.165, 1.54) is 96.7 Å². The number of nitrogens with zero attached hydrogens (tertiary/aromatic N) is 1. The highest BCUT2D eigenvalue weighted by Crippen LogP contribution is 2.35. The highest BCUT2D eigenvalue weighted by Gasteiger charge is 2.32. The number of likely N-dealkylation sites (tertiary alicyclic amines) is 1. The summed E-state index contributed by atoms with van der Waals surface area (Å²) in [5.41, 5.74) is 0. The van der Waals surface area contributed by atoms with Crippen molar-refractivity contribution in [3.8, 4) is 0 Å². The molecule has 3 fully saturated rings. The van der Waals surface area contributed by atoms with Crippen LogP contribution in [0.15, 0.2) is 0 Å². The second kappa shape index (κ2) is 7.79. The van der Waals surface area contributed by atoms with Crippen molar-refractivity contribution in [3.05, 3.63) is 0 Å². The number of piperidine rings is 1. The van der Waals surface area contributed by atoms with Gasteiger partial charge in [0.1, 0.15) is 0 Å². The van der Waals surface area contributed by atoms with Crippen LogP contribution in [0.1, 0.15) is 77.0 Å². The molecule has 0 spiro atoms. The maximum absolute atomic E-state index is 3.62. The van der Waals surface area contributed by atoms with Gasteiger partial charge in [-0.1, -0.05) is 25.7 Å². The topological polar surface area (TPSA) is 15.3 Å². The lowest BCUT2D eigenvalue weighted by atomic mass is 9.78. The first-order chi connectivity index (χ1) is 9.93. The third kappa shape index (κ3) is 4.46. The van der Waals surface area contributed by atoms with E-state index in [9.17, 15) is 0 Å². The van der Waals surface area contributed by atoms with Gasteiger partial charge in [-0.05, 0) is 76.9 Å². The van der Waals surface area contributed by atoms with Crippen LogP contribution >= 0.6 is 0 Å². The molecule has 2 atom stereocenters. The van der Waals surface area contributed by atoms with Gasteiger partial charge in [-0.25, -0.2) is 0 Å². The van der Waals surface area contributed by atoms with E-state index in [0.29, 0.717) is 0 Å². The Balaban J connectivity index is 1.25. The number of unbranched alkanes of at least 4 members (excludes halogenated alkanes) is 3. The molecule has 2 heteroatoms. The van der Waals surface area contributed by atoms with E-state index in [1.807, 2.05) is 0 Å². The Kier molecular flexibility index (Phi) is 5.78. The Labute approximate surface area is 125 Å². The van der Waals surface area contributed by atoms with Crippen LogP contribution in [-0.2, 0) is 0 Å². The summed E-state index contributed by atoms with van der Waals surface area (Å²) >= 11 is 0. The molecule has 20 heavy (non-hydrogen) atoms. The summed E-state index contributed by atoms with van der Waals surface area (Å²) < 4.78 is 0. The molecule has 0 bridgehead atoms. The molecule has 1 N–H and O–H groups in total. The molecule has 0 aromatic heterocycles. The van der Waals surface area contributed by atoms with E-state index >= 15 is 0 Å². The maximum Gasteiger partial charge on any atom is 0.0123 e. The summed E-state index contributed by atoms with van der Waals surface area (Å²) in [6.45, 7) is 4.04. The number of hydrogen-bond acceptors (Lipinski definition) is 2. The lowest BCUT2D eigenvalue weighted by molar-refractivity contribution is 0.0595. The Hall–Kier alpha value is -0.0800. The summed E-state index contributed by atoms with van der Waals surface area (Å²) in [7, 11) is 0. The van der Waals surface area contributed by atoms with Gasteiger partial charge in [0, 0.05) is 12.1 Å². The Bertz CT molecular complexity index is 273. The van der Waals surface area contributed by atoms with Crippen molar-refractivity contribution < 1.29 is 0 Å². The summed E-state index contributed by atoms with van der Waals surface area (Å²) in [4.78, 5) is 2.86. The average molecular weight is 278 g/mol. The van der Waals surface area contributed by atoms with Crippen molar-refractivity contribution in [2.45, 2.75) is 89.1 Å². The Morgan fingerprint density at radius 1 is 0.800 bits per heavy atom. The summed E-state index contributed by atoms with van der Waals surface area (Å²) in [5.74, 6) is 1.06. The van der Waals surface area contributed by atoms with Crippen molar-refractivity contribution in [1.82, 2.24) is 10.2 Å². The van der Waals surface area contributed by atoms with Crippen molar-refractivity contribution in [2.75, 3.05) is 19.6 Å². The fourth-order valence-corrected chi connectivity index (χ4v) is 4.39. The van der Waals surface area contributed by atoms with E-state index in [0.717, 1.165) is 18.0 Å². The van der Waals surface area contributed by atoms with Crippen LogP contribution in [0.4, 0.5) is 0 Å². The highest BCUT2D eigenvalue weighted by molar-refractivity contribution is 4.87. The zero-order valence-corrected chi connectivity index (χ0v) is 13.3. The number of rotatable bonds is 8. The van der Waals surface area contributed by atoms with E-state index in [2.05, 4.69) is 10.2 Å². The zero-order valence-electron chi connectivity index (χ0n) is 13.3. The van der Waals surface area contributed by atoms with Crippen molar-refractivity contribution in [2.24, 2.45) is 5.92 Å². The van der Waals surface area contributed by atoms with Gasteiger partial charge in [-0.15, -0.1) is 0 Å². The lowest BCUT2D eigenvalue weighted by Crippen LogP contribution is -2.47. The second-order valence-corrected chi connectivity index (χ2v) is 7.43. The third-order valence-corrected chi connectivity index (χ3v) is 5.74. The van der Waals surface area contributed by atoms with Gasteiger partial charge < -0.3 is 10.2 Å². The van der Waals surface area contributed by atoms with Gasteiger partial charge in [0.25, 0.3) is 0 Å². The SMILES string of the molecule is C(CCCN1CCC[C@H]2CCCC[C@H]21)CCNC1CC1. The predicted molar refractivity (Wildman–Crippen MR) is 86.0 cm³/mol. The normalized spacial score (nSPS) is 31.2. The van der Waals surface area contributed by atoms with Crippen LogP contribution in [0.2, 0.25) is 0 Å². The first-order valence-corrected chi connectivity index (χ1v) is 9.41. The number of hydrogen-bond donors (Lipinski definition) is 1. The van der Waals surface area contributed by atoms with Crippen molar-refractivity contribution in [3.63, 3.8) is 0 Å². The molecule has 2 nitrogen and oxygen atoms in total. The minimum atomic E-state index is 0.895. The van der Waals surface area contributed by atoms with Gasteiger partial charge in [0.15, 0.2) is 0 Å². The van der Waals surface area contributed by atoms with Crippen LogP contribution in [-0.4, -0.2) is 36.6 Å². The second-order valence-electron chi connectivity index (χ2n) is 7.43. The number of nitrogens with one attached hydrogen (secondary N) is 1. The van der Waals surface area contributed by atoms with Gasteiger partial charge in [-0.3, -0.25) is 0 Å². The van der Waals surface area contributed by atoms with Crippen LogP contribution in [0.3, 0.4) is 0 Å². The minimum Gasteiger partial charge on any atom is -0.314 e. The minimum absolute atomic E-state index is 0.895. The maximum atomic E-state index is 3.62. The van der Waals surface area contributed by atoms with Gasteiger partial charge >= 0.3 is 0 Å². The molecular formula is C18H34N2. The molecule has 0 aromatic carbocycles. The Morgan fingerprint density at radius 2 is 1.60 bits per heavy atom. The zero-order chi connectivity index (χ0) is 13.6. The molecule has 0 unspecified atom stereocenters. The van der Waals surface area contributed by atoms with E-state index in [1.54, 1.807) is 0 Å². The number of fused-ring (bicyclic) bond motifs is 1. The van der Waals surface area contributed by atoms with Crippen LogP contribution in [0, 0.1) is 5.92 Å². The molecule has 0 aromatic rings. The smallest absolute Gasteiger partial charge is 0.0123 e. The highest BCUT2D eigenvalue weighted by atomic mass is 15.2. The van der Waals surface area contributed by atoms with Gasteiger partial charge in [-0.2, -0.15) is 0 Å². The third-order valence-electron chi connectivity index (χ3n) is 5.74. The molecule has 0 amide bonds. The molecule has 1 saturated heterocycles. The molecule has 1 heterocycles. The van der Waals surface area contributed by atoms with Gasteiger partial charge in [0.05, 0.1) is 0 Å². The molecular weight excluding hydrogens is 244 g/mol. The fourth-order valence-electron chi connectivity index (χ4n) is 4.39. The summed E-state index contributed by atoms with van der Waals surface area (Å²) in [6.07, 6.45) is 17.6. The average Bonchev–Trinajstić information content (AvgIpc) is 3.30. The first-order valence-electron chi connectivity index (χ1n) is 9.41. The first kappa shape index (κ1) is 14.8. The molecule has 3 rings (SSSR count). The van der Waals surface area contributed by atoms with E-state index < -0.39 is 0 Å². The summed E-state index contributed by atoms with van der Waals surface area (Å²) in [6, 6.07) is 1.86. The molecule has 2 aliphatic carbocycles. The van der Waals surface area contributed by atoms with Crippen LogP contribution in [0.5, 0.6) is 0 Å². The van der Waals surface area contributed by atoms with Crippen molar-refractivity contribution >= 4 is 0 Å². The summed E-state index contributed by atoms with van der Waals surface area (Å²) in [5, 5.41) is 3.62. The van der Waals surface area contributed by atoms with Crippen LogP contribution < -0.4 is 5.32 Å². The molecule has 3 aliphatic rings. The van der Waals surface area contributed by atoms with Crippen LogP contribution in [0.25, 0.3) is 0 Å². The standard InChI is InChI=1S/C18H34N2/c1(5-13-19-17-11-12-17)2-6-14-20-15-7-9-16-8-3-4-10-18(16)20/h16-19H,1-15H2/t16-,18-/m1/s1. The van der Waals surface area contributed by atoms with Gasteiger partial charge in [0.2, 0.25) is 0 Å². The fraction of sp³-hybridized carbons (Fsp3) is 1.00. The lowest BCUT2D eigenvalue weighted by Gasteiger charge is -2.44.